The van der Waals surface area contributed by atoms with E-state index >= 15 is 0 Å². The van der Waals surface area contributed by atoms with Gasteiger partial charge in [-0.3, -0.25) is 9.78 Å². The number of rotatable bonds is 4. The molecule has 0 fully saturated rings. The number of hydrogen-bond donors (Lipinski definition) is 0. The van der Waals surface area contributed by atoms with Gasteiger partial charge in [-0.15, -0.1) is 0 Å². The highest BCUT2D eigenvalue weighted by molar-refractivity contribution is 6.31. The number of Topliss-reactive ketones (excluding diaryl/α,β-unsaturated/α-hetero) is 1. The summed E-state index contributed by atoms with van der Waals surface area (Å²) in [6.07, 6.45) is 5.21. The van der Waals surface area contributed by atoms with Crippen LogP contribution < -0.4 is 0 Å². The largest absolute Gasteiger partial charge is 0.308 e. The lowest BCUT2D eigenvalue weighted by atomic mass is 9.99. The average Bonchev–Trinajstić information content (AvgIpc) is 2.93. The van der Waals surface area contributed by atoms with E-state index in [1.807, 2.05) is 25.1 Å². The summed E-state index contributed by atoms with van der Waals surface area (Å²) in [5.41, 5.74) is 5.90. The summed E-state index contributed by atoms with van der Waals surface area (Å²) in [4.78, 5) is 19.6. The molecule has 0 radical (unpaired) electrons. The third-order valence-electron chi connectivity index (χ3n) is 4.01. The van der Waals surface area contributed by atoms with Crippen LogP contribution in [0.1, 0.15) is 32.7 Å². The molecule has 0 saturated heterocycles. The van der Waals surface area contributed by atoms with Crippen LogP contribution in [-0.2, 0) is 12.8 Å². The van der Waals surface area contributed by atoms with E-state index in [9.17, 15) is 4.79 Å². The molecule has 1 aromatic heterocycles. The Morgan fingerprint density at radius 3 is 2.96 bits per heavy atom. The molecule has 1 aromatic carbocycles. The van der Waals surface area contributed by atoms with Crippen LogP contribution in [0.5, 0.6) is 0 Å². The van der Waals surface area contributed by atoms with Gasteiger partial charge in [0, 0.05) is 16.8 Å². The van der Waals surface area contributed by atoms with Crippen LogP contribution in [0.4, 0.5) is 0 Å². The molecular weight excluding hydrogens is 308 g/mol. The minimum atomic E-state index is -0.129. The number of aromatic nitrogens is 1. The topological polar surface area (TPSA) is 34.3 Å². The van der Waals surface area contributed by atoms with Crippen molar-refractivity contribution in [3.8, 4) is 0 Å². The lowest BCUT2D eigenvalue weighted by molar-refractivity contribution is 0.101. The number of nitrogens with zero attached hydrogens (tertiary/aromatic N) is 2. The smallest absolute Gasteiger partial charge is 0.276 e. The highest BCUT2D eigenvalue weighted by Gasteiger charge is 2.22. The maximum absolute atomic E-state index is 12.1. The molecular formula is C19H15ClN2O. The van der Waals surface area contributed by atoms with Crippen LogP contribution >= 0.6 is 11.6 Å². The molecule has 0 spiro atoms. The second kappa shape index (κ2) is 6.36. The number of aryl methyl sites for hydroxylation is 1. The SMILES string of the molecule is [C-]#[N+]CC(=O)c1ccnc2c1CC(Cc1ccc(Cl)c(C)c1)=C2. The Morgan fingerprint density at radius 2 is 2.22 bits per heavy atom. The Bertz CT molecular complexity index is 862. The van der Waals surface area contributed by atoms with E-state index in [0.717, 1.165) is 28.3 Å². The van der Waals surface area contributed by atoms with E-state index in [0.29, 0.717) is 12.0 Å². The molecule has 0 N–H and O–H groups in total. The quantitative estimate of drug-likeness (QED) is 0.620. The van der Waals surface area contributed by atoms with E-state index in [4.69, 9.17) is 18.2 Å². The Morgan fingerprint density at radius 1 is 1.39 bits per heavy atom. The first-order valence-electron chi connectivity index (χ1n) is 7.37. The Kier molecular flexibility index (Phi) is 4.27. The van der Waals surface area contributed by atoms with Crippen LogP contribution in [0.3, 0.4) is 0 Å². The van der Waals surface area contributed by atoms with E-state index < -0.39 is 0 Å². The zero-order chi connectivity index (χ0) is 16.4. The molecule has 0 saturated carbocycles. The minimum absolute atomic E-state index is 0.109. The number of allylic oxidation sites excluding steroid dienone is 1. The molecule has 0 atom stereocenters. The molecule has 3 nitrogen and oxygen atoms in total. The summed E-state index contributed by atoms with van der Waals surface area (Å²) in [7, 11) is 0. The fourth-order valence-corrected chi connectivity index (χ4v) is 3.02. The van der Waals surface area contributed by atoms with E-state index in [1.54, 1.807) is 12.3 Å². The van der Waals surface area contributed by atoms with Crippen molar-refractivity contribution in [3.63, 3.8) is 0 Å². The maximum Gasteiger partial charge on any atom is 0.276 e. The maximum atomic E-state index is 12.1. The van der Waals surface area contributed by atoms with E-state index in [2.05, 4.69) is 15.9 Å². The first kappa shape index (κ1) is 15.5. The van der Waals surface area contributed by atoms with Crippen LogP contribution in [0.2, 0.25) is 5.02 Å². The molecule has 1 aliphatic rings. The van der Waals surface area contributed by atoms with Gasteiger partial charge in [-0.2, -0.15) is 0 Å². The monoisotopic (exact) mass is 322 g/mol. The number of hydrogen-bond acceptors (Lipinski definition) is 2. The number of ketones is 1. The van der Waals surface area contributed by atoms with E-state index in [-0.39, 0.29) is 12.3 Å². The third kappa shape index (κ3) is 3.18. The van der Waals surface area contributed by atoms with Crippen LogP contribution in [-0.4, -0.2) is 17.3 Å². The summed E-state index contributed by atoms with van der Waals surface area (Å²) in [6, 6.07) is 7.75. The molecule has 0 amide bonds. The first-order valence-corrected chi connectivity index (χ1v) is 7.75. The Balaban J connectivity index is 1.83. The normalized spacial score (nSPS) is 12.5. The van der Waals surface area contributed by atoms with Crippen molar-refractivity contribution in [1.29, 1.82) is 0 Å². The standard InChI is InChI=1S/C19H15ClN2O/c1-12-7-13(3-4-17(12)20)8-14-9-16-15(19(23)11-21-2)5-6-22-18(16)10-14/h3-7,10H,8-9,11H2,1H3. The second-order valence-electron chi connectivity index (χ2n) is 5.70. The number of benzene rings is 1. The molecule has 0 aliphatic heterocycles. The van der Waals surface area contributed by atoms with Gasteiger partial charge in [0.1, 0.15) is 0 Å². The van der Waals surface area contributed by atoms with Gasteiger partial charge in [-0.05, 0) is 54.7 Å². The average molecular weight is 323 g/mol. The summed E-state index contributed by atoms with van der Waals surface area (Å²) in [5.74, 6) is -0.129. The number of carbonyl (C=O) groups is 1. The van der Waals surface area contributed by atoms with Gasteiger partial charge >= 0.3 is 0 Å². The van der Waals surface area contributed by atoms with Gasteiger partial charge in [0.05, 0.1) is 5.69 Å². The van der Waals surface area contributed by atoms with Crippen LogP contribution in [0.25, 0.3) is 10.9 Å². The van der Waals surface area contributed by atoms with Gasteiger partial charge in [-0.1, -0.05) is 29.3 Å². The minimum Gasteiger partial charge on any atom is -0.308 e. The van der Waals surface area contributed by atoms with Crippen LogP contribution in [0, 0.1) is 13.5 Å². The lowest BCUT2D eigenvalue weighted by Gasteiger charge is -2.06. The highest BCUT2D eigenvalue weighted by atomic mass is 35.5. The van der Waals surface area contributed by atoms with Crippen molar-refractivity contribution < 1.29 is 4.79 Å². The summed E-state index contributed by atoms with van der Waals surface area (Å²) in [6.45, 7) is 8.75. The molecule has 2 aromatic rings. The summed E-state index contributed by atoms with van der Waals surface area (Å²) >= 11 is 6.07. The third-order valence-corrected chi connectivity index (χ3v) is 4.43. The second-order valence-corrected chi connectivity index (χ2v) is 6.11. The molecule has 3 rings (SSSR count). The first-order chi connectivity index (χ1) is 11.1. The van der Waals surface area contributed by atoms with Gasteiger partial charge in [0.15, 0.2) is 0 Å². The molecule has 23 heavy (non-hydrogen) atoms. The zero-order valence-corrected chi connectivity index (χ0v) is 13.5. The van der Waals surface area contributed by atoms with Crippen molar-refractivity contribution >= 4 is 23.5 Å². The van der Waals surface area contributed by atoms with Crippen LogP contribution in [0.15, 0.2) is 36.0 Å². The molecule has 1 heterocycles. The van der Waals surface area contributed by atoms with Gasteiger partial charge < -0.3 is 4.85 Å². The van der Waals surface area contributed by atoms with E-state index in [1.165, 1.54) is 11.1 Å². The fraction of sp³-hybridized carbons (Fsp3) is 0.211. The fourth-order valence-electron chi connectivity index (χ4n) is 2.90. The van der Waals surface area contributed by atoms with Crippen molar-refractivity contribution in [3.05, 3.63) is 80.4 Å². The van der Waals surface area contributed by atoms with Crippen molar-refractivity contribution in [2.75, 3.05) is 6.54 Å². The predicted molar refractivity (Wildman–Crippen MR) is 91.6 cm³/mol. The Labute approximate surface area is 140 Å². The van der Waals surface area contributed by atoms with Crippen molar-refractivity contribution in [2.45, 2.75) is 19.8 Å². The van der Waals surface area contributed by atoms with Gasteiger partial charge in [-0.25, -0.2) is 6.57 Å². The molecule has 0 bridgehead atoms. The van der Waals surface area contributed by atoms with Gasteiger partial charge in [0.25, 0.3) is 6.54 Å². The highest BCUT2D eigenvalue weighted by Crippen LogP contribution is 2.29. The Hall–Kier alpha value is -2.44. The van der Waals surface area contributed by atoms with Crippen molar-refractivity contribution in [2.24, 2.45) is 0 Å². The predicted octanol–water partition coefficient (Wildman–Crippen LogP) is 4.33. The number of fused-ring (bicyclic) bond motifs is 1. The van der Waals surface area contributed by atoms with Gasteiger partial charge in [0.2, 0.25) is 5.78 Å². The number of carbonyl (C=O) groups excluding carboxylic acids is 1. The zero-order valence-electron chi connectivity index (χ0n) is 12.8. The molecule has 114 valence electrons. The number of pyridine rings is 1. The molecule has 0 unspecified atom stereocenters. The molecule has 1 aliphatic carbocycles. The van der Waals surface area contributed by atoms with Crippen molar-refractivity contribution in [1.82, 2.24) is 4.98 Å². The lowest BCUT2D eigenvalue weighted by Crippen LogP contribution is -2.07. The summed E-state index contributed by atoms with van der Waals surface area (Å²) < 4.78 is 0. The number of halogens is 1. The molecule has 4 heteroatoms. The summed E-state index contributed by atoms with van der Waals surface area (Å²) in [5, 5.41) is 0.770.